The van der Waals surface area contributed by atoms with Crippen LogP contribution in [0, 0.1) is 0 Å². The zero-order chi connectivity index (χ0) is 21.3. The van der Waals surface area contributed by atoms with Crippen LogP contribution in [0.1, 0.15) is 16.4 Å². The van der Waals surface area contributed by atoms with Crippen molar-refractivity contribution >= 4 is 29.3 Å². The first-order valence-corrected chi connectivity index (χ1v) is 10.0. The van der Waals surface area contributed by atoms with E-state index in [4.69, 9.17) is 9.15 Å². The van der Waals surface area contributed by atoms with Crippen molar-refractivity contribution in [2.45, 2.75) is 18.2 Å². The van der Waals surface area contributed by atoms with Gasteiger partial charge in [0.2, 0.25) is 5.91 Å². The quantitative estimate of drug-likeness (QED) is 0.378. The van der Waals surface area contributed by atoms with E-state index in [1.54, 1.807) is 54.2 Å². The number of allylic oxidation sites excluding steroid dienone is 1. The molecule has 0 saturated carbocycles. The lowest BCUT2D eigenvalue weighted by Gasteiger charge is -2.09. The average Bonchev–Trinajstić information content (AvgIpc) is 3.42. The highest BCUT2D eigenvalue weighted by Crippen LogP contribution is 2.19. The summed E-state index contributed by atoms with van der Waals surface area (Å²) < 4.78 is 12.0. The molecule has 10 heteroatoms. The number of amides is 2. The lowest BCUT2D eigenvalue weighted by molar-refractivity contribution is -0.113. The van der Waals surface area contributed by atoms with Crippen LogP contribution in [-0.2, 0) is 17.9 Å². The van der Waals surface area contributed by atoms with Gasteiger partial charge in [0.25, 0.3) is 5.91 Å². The zero-order valence-electron chi connectivity index (χ0n) is 16.3. The molecule has 0 aliphatic rings. The van der Waals surface area contributed by atoms with Gasteiger partial charge in [0.1, 0.15) is 5.75 Å². The predicted molar refractivity (Wildman–Crippen MR) is 112 cm³/mol. The molecule has 3 aromatic rings. The summed E-state index contributed by atoms with van der Waals surface area (Å²) in [5, 5.41) is 14.4. The molecule has 0 spiro atoms. The van der Waals surface area contributed by atoms with Crippen LogP contribution in [-0.4, -0.2) is 39.4 Å². The second kappa shape index (κ2) is 10.3. The normalized spacial score (nSPS) is 10.4. The smallest absolute Gasteiger partial charge is 0.287 e. The summed E-state index contributed by atoms with van der Waals surface area (Å²) in [7, 11) is 1.58. The van der Waals surface area contributed by atoms with Gasteiger partial charge in [-0.3, -0.25) is 9.59 Å². The maximum Gasteiger partial charge on any atom is 0.287 e. The standard InChI is InChI=1S/C20H21N5O4S/c1-3-10-25-17(12-21-19(27)16-5-4-11-29-16)23-24-20(25)30-13-18(26)22-14-6-8-15(28-2)9-7-14/h3-9,11H,1,10,12-13H2,2H3,(H,21,27)(H,22,26). The lowest BCUT2D eigenvalue weighted by atomic mass is 10.3. The number of rotatable bonds is 10. The van der Waals surface area contributed by atoms with Gasteiger partial charge in [-0.2, -0.15) is 0 Å². The van der Waals surface area contributed by atoms with E-state index >= 15 is 0 Å². The van der Waals surface area contributed by atoms with Gasteiger partial charge in [-0.05, 0) is 36.4 Å². The van der Waals surface area contributed by atoms with Gasteiger partial charge < -0.3 is 24.4 Å². The highest BCUT2D eigenvalue weighted by molar-refractivity contribution is 7.99. The molecule has 0 saturated heterocycles. The largest absolute Gasteiger partial charge is 0.497 e. The van der Waals surface area contributed by atoms with Crippen molar-refractivity contribution < 1.29 is 18.7 Å². The first-order chi connectivity index (χ1) is 14.6. The van der Waals surface area contributed by atoms with Crippen molar-refractivity contribution in [3.8, 4) is 5.75 Å². The second-order valence-corrected chi connectivity index (χ2v) is 6.97. The Balaban J connectivity index is 1.57. The highest BCUT2D eigenvalue weighted by Gasteiger charge is 2.15. The molecule has 0 aliphatic heterocycles. The Morgan fingerprint density at radius 1 is 1.27 bits per heavy atom. The van der Waals surface area contributed by atoms with Crippen LogP contribution >= 0.6 is 11.8 Å². The van der Waals surface area contributed by atoms with Crippen LogP contribution in [0.4, 0.5) is 5.69 Å². The molecule has 0 aliphatic carbocycles. The van der Waals surface area contributed by atoms with Gasteiger partial charge in [0.05, 0.1) is 25.7 Å². The maximum absolute atomic E-state index is 12.3. The van der Waals surface area contributed by atoms with Crippen molar-refractivity contribution in [1.82, 2.24) is 20.1 Å². The minimum Gasteiger partial charge on any atom is -0.497 e. The Morgan fingerprint density at radius 2 is 2.07 bits per heavy atom. The van der Waals surface area contributed by atoms with Crippen LogP contribution in [0.3, 0.4) is 0 Å². The van der Waals surface area contributed by atoms with Crippen LogP contribution in [0.25, 0.3) is 0 Å². The van der Waals surface area contributed by atoms with E-state index in [-0.39, 0.29) is 29.9 Å². The third-order valence-corrected chi connectivity index (χ3v) is 4.93. The van der Waals surface area contributed by atoms with Gasteiger partial charge in [-0.25, -0.2) is 0 Å². The number of anilines is 1. The van der Waals surface area contributed by atoms with E-state index in [9.17, 15) is 9.59 Å². The molecule has 2 aromatic heterocycles. The van der Waals surface area contributed by atoms with Crippen LogP contribution in [0.5, 0.6) is 5.75 Å². The molecule has 2 heterocycles. The number of furan rings is 1. The molecule has 9 nitrogen and oxygen atoms in total. The molecule has 2 amide bonds. The molecule has 0 atom stereocenters. The summed E-state index contributed by atoms with van der Waals surface area (Å²) in [6.07, 6.45) is 3.13. The lowest BCUT2D eigenvalue weighted by Crippen LogP contribution is -2.24. The monoisotopic (exact) mass is 427 g/mol. The van der Waals surface area contributed by atoms with Crippen LogP contribution in [0.2, 0.25) is 0 Å². The number of thioether (sulfide) groups is 1. The number of nitrogens with zero attached hydrogens (tertiary/aromatic N) is 3. The molecular formula is C20H21N5O4S. The Bertz CT molecular complexity index is 999. The van der Waals surface area contributed by atoms with Crippen molar-refractivity contribution in [1.29, 1.82) is 0 Å². The Morgan fingerprint density at radius 3 is 2.73 bits per heavy atom. The fraction of sp³-hybridized carbons (Fsp3) is 0.200. The van der Waals surface area contributed by atoms with E-state index in [1.807, 2.05) is 0 Å². The van der Waals surface area contributed by atoms with Crippen LogP contribution in [0.15, 0.2) is 64.9 Å². The Kier molecular flexibility index (Phi) is 7.28. The van der Waals surface area contributed by atoms with Gasteiger partial charge in [0.15, 0.2) is 16.7 Å². The third-order valence-electron chi connectivity index (χ3n) is 3.96. The molecule has 156 valence electrons. The number of benzene rings is 1. The predicted octanol–water partition coefficient (Wildman–Crippen LogP) is 2.73. The topological polar surface area (TPSA) is 111 Å². The number of hydrogen-bond donors (Lipinski definition) is 2. The van der Waals surface area contributed by atoms with Crippen molar-refractivity contribution in [2.24, 2.45) is 0 Å². The van der Waals surface area contributed by atoms with E-state index in [0.717, 1.165) is 0 Å². The Hall–Kier alpha value is -3.53. The van der Waals surface area contributed by atoms with E-state index in [0.29, 0.717) is 29.0 Å². The SMILES string of the molecule is C=CCn1c(CNC(=O)c2ccco2)nnc1SCC(=O)Nc1ccc(OC)cc1. The summed E-state index contributed by atoms with van der Waals surface area (Å²) >= 11 is 1.25. The van der Waals surface area contributed by atoms with Crippen LogP contribution < -0.4 is 15.4 Å². The van der Waals surface area contributed by atoms with Gasteiger partial charge in [0, 0.05) is 12.2 Å². The summed E-state index contributed by atoms with van der Waals surface area (Å²) in [4.78, 5) is 24.3. The van der Waals surface area contributed by atoms with Gasteiger partial charge in [-0.15, -0.1) is 16.8 Å². The molecule has 1 aromatic carbocycles. The first-order valence-electron chi connectivity index (χ1n) is 9.02. The summed E-state index contributed by atoms with van der Waals surface area (Å²) in [5.74, 6) is 1.11. The molecule has 0 bridgehead atoms. The number of nitrogens with one attached hydrogen (secondary N) is 2. The number of carbonyl (C=O) groups is 2. The van der Waals surface area contributed by atoms with Gasteiger partial charge in [-0.1, -0.05) is 17.8 Å². The fourth-order valence-electron chi connectivity index (χ4n) is 2.52. The maximum atomic E-state index is 12.3. The molecule has 0 fully saturated rings. The molecule has 0 radical (unpaired) electrons. The number of hydrogen-bond acceptors (Lipinski definition) is 7. The second-order valence-electron chi connectivity index (χ2n) is 6.02. The van der Waals surface area contributed by atoms with Crippen molar-refractivity contribution in [3.63, 3.8) is 0 Å². The summed E-state index contributed by atoms with van der Waals surface area (Å²) in [6, 6.07) is 10.3. The minimum absolute atomic E-state index is 0.153. The third kappa shape index (κ3) is 5.51. The van der Waals surface area contributed by atoms with Gasteiger partial charge >= 0.3 is 0 Å². The first kappa shape index (κ1) is 21.2. The molecule has 30 heavy (non-hydrogen) atoms. The zero-order valence-corrected chi connectivity index (χ0v) is 17.1. The molecule has 0 unspecified atom stereocenters. The highest BCUT2D eigenvalue weighted by atomic mass is 32.2. The van der Waals surface area contributed by atoms with E-state index < -0.39 is 0 Å². The number of methoxy groups -OCH3 is 1. The Labute approximate surface area is 177 Å². The summed E-state index contributed by atoms with van der Waals surface area (Å²) in [5.41, 5.74) is 0.676. The van der Waals surface area contributed by atoms with E-state index in [2.05, 4.69) is 27.4 Å². The molecule has 2 N–H and O–H groups in total. The number of aromatic nitrogens is 3. The molecule has 3 rings (SSSR count). The minimum atomic E-state index is -0.346. The molecular weight excluding hydrogens is 406 g/mol. The van der Waals surface area contributed by atoms with E-state index in [1.165, 1.54) is 18.0 Å². The number of carbonyl (C=O) groups excluding carboxylic acids is 2. The average molecular weight is 427 g/mol. The van der Waals surface area contributed by atoms with Crippen molar-refractivity contribution in [3.05, 3.63) is 66.9 Å². The fourth-order valence-corrected chi connectivity index (χ4v) is 3.29. The number of ether oxygens (including phenoxy) is 1. The summed E-state index contributed by atoms with van der Waals surface area (Å²) in [6.45, 7) is 4.35. The van der Waals surface area contributed by atoms with Crippen molar-refractivity contribution in [2.75, 3.05) is 18.2 Å².